The molecule has 0 unspecified atom stereocenters. The average Bonchev–Trinajstić information content (AvgIpc) is 3.11. The number of primary sulfonamides is 1. The highest BCUT2D eigenvalue weighted by Gasteiger charge is 2.24. The molecule has 104 valence electrons. The third-order valence-corrected chi connectivity index (χ3v) is 3.94. The maximum Gasteiger partial charge on any atom is 0.254 e. The molecule has 19 heavy (non-hydrogen) atoms. The molecule has 0 atom stereocenters. The minimum absolute atomic E-state index is 0.0723. The number of amides is 1. The van der Waals surface area contributed by atoms with Crippen molar-refractivity contribution >= 4 is 15.9 Å². The summed E-state index contributed by atoms with van der Waals surface area (Å²) in [5.41, 5.74) is -0.215. The number of carbonyl (C=O) groups excluding carboxylic acids is 1. The van der Waals surface area contributed by atoms with Crippen LogP contribution in [0.15, 0.2) is 17.0 Å². The van der Waals surface area contributed by atoms with Crippen LogP contribution in [-0.2, 0) is 10.0 Å². The SMILES string of the molecule is Cc1cc(S(N)(=O)=O)cc(C(=O)NCC2CC2)c1F. The summed E-state index contributed by atoms with van der Waals surface area (Å²) in [5.74, 6) is -0.881. The molecule has 0 bridgehead atoms. The lowest BCUT2D eigenvalue weighted by Gasteiger charge is -2.09. The van der Waals surface area contributed by atoms with Crippen LogP contribution < -0.4 is 10.5 Å². The van der Waals surface area contributed by atoms with Gasteiger partial charge in [0.1, 0.15) is 5.82 Å². The third-order valence-electron chi connectivity index (χ3n) is 3.05. The Bertz CT molecular complexity index is 624. The lowest BCUT2D eigenvalue weighted by Crippen LogP contribution is -2.27. The summed E-state index contributed by atoms with van der Waals surface area (Å²) in [6.45, 7) is 1.87. The van der Waals surface area contributed by atoms with Gasteiger partial charge in [0.2, 0.25) is 10.0 Å². The Hall–Kier alpha value is -1.47. The van der Waals surface area contributed by atoms with Crippen molar-refractivity contribution in [2.45, 2.75) is 24.7 Å². The summed E-state index contributed by atoms with van der Waals surface area (Å²) >= 11 is 0. The first-order chi connectivity index (χ1) is 8.79. The lowest BCUT2D eigenvalue weighted by molar-refractivity contribution is 0.0947. The molecule has 0 heterocycles. The van der Waals surface area contributed by atoms with Crippen LogP contribution in [0.25, 0.3) is 0 Å². The van der Waals surface area contributed by atoms with E-state index in [-0.39, 0.29) is 16.0 Å². The molecule has 3 N–H and O–H groups in total. The normalized spacial score (nSPS) is 15.3. The Morgan fingerprint density at radius 3 is 2.63 bits per heavy atom. The van der Waals surface area contributed by atoms with Crippen LogP contribution >= 0.6 is 0 Å². The topological polar surface area (TPSA) is 89.3 Å². The predicted octanol–water partition coefficient (Wildman–Crippen LogP) is 0.921. The smallest absolute Gasteiger partial charge is 0.254 e. The molecule has 1 amide bonds. The Kier molecular flexibility index (Phi) is 3.60. The highest BCUT2D eigenvalue weighted by atomic mass is 32.2. The maximum atomic E-state index is 13.9. The number of hydrogen-bond donors (Lipinski definition) is 2. The fourth-order valence-corrected chi connectivity index (χ4v) is 2.34. The first kappa shape index (κ1) is 14.0. The molecule has 1 aliphatic carbocycles. The van der Waals surface area contributed by atoms with Gasteiger partial charge < -0.3 is 5.32 Å². The highest BCUT2D eigenvalue weighted by molar-refractivity contribution is 7.89. The van der Waals surface area contributed by atoms with Crippen LogP contribution in [0.1, 0.15) is 28.8 Å². The van der Waals surface area contributed by atoms with Gasteiger partial charge in [-0.2, -0.15) is 0 Å². The van der Waals surface area contributed by atoms with Crippen molar-refractivity contribution in [1.29, 1.82) is 0 Å². The summed E-state index contributed by atoms with van der Waals surface area (Å²) in [7, 11) is -3.96. The van der Waals surface area contributed by atoms with Crippen LogP contribution in [0.3, 0.4) is 0 Å². The van der Waals surface area contributed by atoms with E-state index in [0.29, 0.717) is 12.5 Å². The Morgan fingerprint density at radius 2 is 2.11 bits per heavy atom. The van der Waals surface area contributed by atoms with Gasteiger partial charge in [-0.1, -0.05) is 0 Å². The molecule has 0 saturated heterocycles. The van der Waals surface area contributed by atoms with Gasteiger partial charge in [0.25, 0.3) is 5.91 Å². The minimum atomic E-state index is -3.96. The number of carbonyl (C=O) groups is 1. The van der Waals surface area contributed by atoms with Crippen LogP contribution in [0.5, 0.6) is 0 Å². The van der Waals surface area contributed by atoms with Gasteiger partial charge in [-0.25, -0.2) is 17.9 Å². The van der Waals surface area contributed by atoms with Crippen molar-refractivity contribution in [2.75, 3.05) is 6.54 Å². The van der Waals surface area contributed by atoms with E-state index in [0.717, 1.165) is 25.0 Å². The van der Waals surface area contributed by atoms with E-state index >= 15 is 0 Å². The summed E-state index contributed by atoms with van der Waals surface area (Å²) < 4.78 is 36.4. The number of hydrogen-bond acceptors (Lipinski definition) is 3. The maximum absolute atomic E-state index is 13.9. The first-order valence-corrected chi connectivity index (χ1v) is 7.45. The molecule has 0 radical (unpaired) electrons. The molecule has 0 aromatic heterocycles. The minimum Gasteiger partial charge on any atom is -0.352 e. The molecule has 0 spiro atoms. The van der Waals surface area contributed by atoms with E-state index in [4.69, 9.17) is 5.14 Å². The van der Waals surface area contributed by atoms with Crippen LogP contribution in [0.4, 0.5) is 4.39 Å². The van der Waals surface area contributed by atoms with Gasteiger partial charge >= 0.3 is 0 Å². The van der Waals surface area contributed by atoms with Crippen LogP contribution in [0.2, 0.25) is 0 Å². The molecule has 1 aromatic rings. The van der Waals surface area contributed by atoms with Crippen LogP contribution in [0, 0.1) is 18.7 Å². The summed E-state index contributed by atoms with van der Waals surface area (Å²) in [5, 5.41) is 7.59. The van der Waals surface area contributed by atoms with Gasteiger partial charge in [0.05, 0.1) is 10.5 Å². The number of aryl methyl sites for hydroxylation is 1. The Balaban J connectivity index is 2.31. The number of benzene rings is 1. The second-order valence-corrected chi connectivity index (χ2v) is 6.36. The number of nitrogens with two attached hydrogens (primary N) is 1. The van der Waals surface area contributed by atoms with Gasteiger partial charge in [-0.3, -0.25) is 4.79 Å². The molecule has 7 heteroatoms. The second-order valence-electron chi connectivity index (χ2n) is 4.80. The fourth-order valence-electron chi connectivity index (χ4n) is 1.72. The van der Waals surface area contributed by atoms with Crippen molar-refractivity contribution < 1.29 is 17.6 Å². The van der Waals surface area contributed by atoms with E-state index in [1.807, 2.05) is 0 Å². The van der Waals surface area contributed by atoms with Gasteiger partial charge in [0.15, 0.2) is 0 Å². The molecule has 1 aromatic carbocycles. The zero-order chi connectivity index (χ0) is 14.2. The number of nitrogens with one attached hydrogen (secondary N) is 1. The van der Waals surface area contributed by atoms with Crippen molar-refractivity contribution in [3.8, 4) is 0 Å². The number of halogens is 1. The molecule has 5 nitrogen and oxygen atoms in total. The summed E-state index contributed by atoms with van der Waals surface area (Å²) in [6.07, 6.45) is 2.11. The van der Waals surface area contributed by atoms with E-state index < -0.39 is 21.7 Å². The van der Waals surface area contributed by atoms with Crippen LogP contribution in [-0.4, -0.2) is 20.9 Å². The Morgan fingerprint density at radius 1 is 1.47 bits per heavy atom. The molecule has 0 aliphatic heterocycles. The van der Waals surface area contributed by atoms with E-state index in [1.165, 1.54) is 6.92 Å². The zero-order valence-electron chi connectivity index (χ0n) is 10.4. The van der Waals surface area contributed by atoms with E-state index in [1.54, 1.807) is 0 Å². The molecule has 1 saturated carbocycles. The highest BCUT2D eigenvalue weighted by Crippen LogP contribution is 2.27. The van der Waals surface area contributed by atoms with Gasteiger partial charge in [-0.05, 0) is 43.4 Å². The molecular weight excluding hydrogens is 271 g/mol. The number of rotatable bonds is 4. The second kappa shape index (κ2) is 4.90. The summed E-state index contributed by atoms with van der Waals surface area (Å²) in [4.78, 5) is 11.6. The molecule has 1 aliphatic rings. The fraction of sp³-hybridized carbons (Fsp3) is 0.417. The quantitative estimate of drug-likeness (QED) is 0.862. The third kappa shape index (κ3) is 3.30. The first-order valence-electron chi connectivity index (χ1n) is 5.90. The molecule has 2 rings (SSSR count). The van der Waals surface area contributed by atoms with Crippen molar-refractivity contribution in [2.24, 2.45) is 11.1 Å². The molecular formula is C12H15FN2O3S. The molecule has 1 fully saturated rings. The van der Waals surface area contributed by atoms with E-state index in [2.05, 4.69) is 5.32 Å². The van der Waals surface area contributed by atoms with Gasteiger partial charge in [-0.15, -0.1) is 0 Å². The number of sulfonamides is 1. The lowest BCUT2D eigenvalue weighted by atomic mass is 10.1. The van der Waals surface area contributed by atoms with Crippen molar-refractivity contribution in [1.82, 2.24) is 5.32 Å². The van der Waals surface area contributed by atoms with Crippen molar-refractivity contribution in [3.63, 3.8) is 0 Å². The van der Waals surface area contributed by atoms with E-state index in [9.17, 15) is 17.6 Å². The predicted molar refractivity (Wildman–Crippen MR) is 67.6 cm³/mol. The van der Waals surface area contributed by atoms with Gasteiger partial charge in [0, 0.05) is 6.54 Å². The van der Waals surface area contributed by atoms with Crippen molar-refractivity contribution in [3.05, 3.63) is 29.1 Å². The standard InChI is InChI=1S/C12H15FN2O3S/c1-7-4-9(19(14,17)18)5-10(11(7)13)12(16)15-6-8-2-3-8/h4-5,8H,2-3,6H2,1H3,(H,15,16)(H2,14,17,18). The summed E-state index contributed by atoms with van der Waals surface area (Å²) in [6, 6.07) is 2.09. The Labute approximate surface area is 111 Å². The average molecular weight is 286 g/mol. The monoisotopic (exact) mass is 286 g/mol. The zero-order valence-corrected chi connectivity index (χ0v) is 11.3. The largest absolute Gasteiger partial charge is 0.352 e.